The molecule has 0 unspecified atom stereocenters. The van der Waals surface area contributed by atoms with Crippen LogP contribution >= 0.6 is 11.8 Å². The van der Waals surface area contributed by atoms with Crippen LogP contribution in [0.25, 0.3) is 0 Å². The highest BCUT2D eigenvalue weighted by atomic mass is 32.2. The molecule has 0 spiro atoms. The van der Waals surface area contributed by atoms with Gasteiger partial charge in [-0.3, -0.25) is 0 Å². The molecule has 1 aromatic heterocycles. The highest BCUT2D eigenvalue weighted by Gasteiger charge is 2.09. The zero-order valence-corrected chi connectivity index (χ0v) is 15.0. The molecule has 0 bridgehead atoms. The molecular formula is C20H19FN2OS. The van der Waals surface area contributed by atoms with E-state index in [-0.39, 0.29) is 5.75 Å². The minimum atomic E-state index is -0.409. The molecular weight excluding hydrogens is 335 g/mol. The number of aromatic nitrogens is 2. The number of rotatable bonds is 6. The van der Waals surface area contributed by atoms with Crippen molar-refractivity contribution in [1.82, 2.24) is 9.97 Å². The summed E-state index contributed by atoms with van der Waals surface area (Å²) in [6, 6.07) is 16.4. The van der Waals surface area contributed by atoms with Crippen LogP contribution in [-0.4, -0.2) is 9.97 Å². The zero-order chi connectivity index (χ0) is 17.6. The second-order valence-electron chi connectivity index (χ2n) is 5.64. The van der Waals surface area contributed by atoms with Gasteiger partial charge in [0.15, 0.2) is 16.7 Å². The highest BCUT2D eigenvalue weighted by molar-refractivity contribution is 7.98. The first kappa shape index (κ1) is 17.4. The van der Waals surface area contributed by atoms with Gasteiger partial charge < -0.3 is 4.74 Å². The number of ether oxygens (including phenoxy) is 1. The Morgan fingerprint density at radius 2 is 1.80 bits per heavy atom. The summed E-state index contributed by atoms with van der Waals surface area (Å²) in [6.45, 7) is 4.08. The molecule has 0 fully saturated rings. The van der Waals surface area contributed by atoms with E-state index in [0.717, 1.165) is 17.9 Å². The molecule has 0 aliphatic rings. The summed E-state index contributed by atoms with van der Waals surface area (Å²) in [5.74, 6) is 0.890. The standard InChI is InChI=1S/C20H19FN2OS/c1-3-16-12-19(24-18-7-5-4-6-17(18)21)23-20(22-16)25-13-15-10-8-14(2)9-11-15/h4-12H,3,13H2,1-2H3. The van der Waals surface area contributed by atoms with Crippen molar-refractivity contribution in [3.8, 4) is 11.6 Å². The molecule has 0 amide bonds. The maximum absolute atomic E-state index is 13.8. The predicted octanol–water partition coefficient (Wildman–Crippen LogP) is 5.57. The van der Waals surface area contributed by atoms with Crippen molar-refractivity contribution in [2.45, 2.75) is 31.2 Å². The quantitative estimate of drug-likeness (QED) is 0.428. The molecule has 2 aromatic carbocycles. The number of benzene rings is 2. The number of aryl methyl sites for hydroxylation is 2. The number of nitrogens with zero attached hydrogens (tertiary/aromatic N) is 2. The Morgan fingerprint density at radius 3 is 2.52 bits per heavy atom. The molecule has 5 heteroatoms. The van der Waals surface area contributed by atoms with E-state index in [9.17, 15) is 4.39 Å². The van der Waals surface area contributed by atoms with E-state index in [1.807, 2.05) is 6.92 Å². The van der Waals surface area contributed by atoms with E-state index < -0.39 is 5.82 Å². The predicted molar refractivity (Wildman–Crippen MR) is 98.6 cm³/mol. The average molecular weight is 354 g/mol. The van der Waals surface area contributed by atoms with Crippen LogP contribution in [0.2, 0.25) is 0 Å². The average Bonchev–Trinajstić information content (AvgIpc) is 2.63. The first-order chi connectivity index (χ1) is 12.1. The van der Waals surface area contributed by atoms with Crippen LogP contribution < -0.4 is 4.74 Å². The van der Waals surface area contributed by atoms with Gasteiger partial charge in [0.2, 0.25) is 5.88 Å². The number of para-hydroxylation sites is 1. The summed E-state index contributed by atoms with van der Waals surface area (Å²) in [5.41, 5.74) is 3.31. The molecule has 0 aliphatic carbocycles. The van der Waals surface area contributed by atoms with E-state index in [1.54, 1.807) is 36.0 Å². The van der Waals surface area contributed by atoms with Crippen LogP contribution in [0.15, 0.2) is 59.8 Å². The lowest BCUT2D eigenvalue weighted by Crippen LogP contribution is -1.98. The Kier molecular flexibility index (Phi) is 5.66. The molecule has 0 saturated heterocycles. The fraction of sp³-hybridized carbons (Fsp3) is 0.200. The molecule has 0 saturated carbocycles. The zero-order valence-electron chi connectivity index (χ0n) is 14.2. The number of hydrogen-bond donors (Lipinski definition) is 0. The molecule has 0 radical (unpaired) electrons. The summed E-state index contributed by atoms with van der Waals surface area (Å²) in [7, 11) is 0. The summed E-state index contributed by atoms with van der Waals surface area (Å²) >= 11 is 1.54. The van der Waals surface area contributed by atoms with Gasteiger partial charge in [-0.25, -0.2) is 9.37 Å². The molecule has 3 aromatic rings. The van der Waals surface area contributed by atoms with Crippen molar-refractivity contribution < 1.29 is 9.13 Å². The maximum atomic E-state index is 13.8. The van der Waals surface area contributed by atoms with Crippen LogP contribution in [0.4, 0.5) is 4.39 Å². The number of thioether (sulfide) groups is 1. The van der Waals surface area contributed by atoms with Crippen molar-refractivity contribution in [3.63, 3.8) is 0 Å². The summed E-state index contributed by atoms with van der Waals surface area (Å²) in [4.78, 5) is 8.94. The third-order valence-corrected chi connectivity index (χ3v) is 4.56. The molecule has 128 valence electrons. The largest absolute Gasteiger partial charge is 0.436 e. The number of hydrogen-bond acceptors (Lipinski definition) is 4. The molecule has 0 N–H and O–H groups in total. The van der Waals surface area contributed by atoms with Gasteiger partial charge in [-0.15, -0.1) is 0 Å². The molecule has 3 nitrogen and oxygen atoms in total. The molecule has 25 heavy (non-hydrogen) atoms. The van der Waals surface area contributed by atoms with E-state index >= 15 is 0 Å². The minimum Gasteiger partial charge on any atom is -0.436 e. The summed E-state index contributed by atoms with van der Waals surface area (Å²) in [6.07, 6.45) is 0.758. The second kappa shape index (κ2) is 8.12. The van der Waals surface area contributed by atoms with E-state index in [1.165, 1.54) is 17.2 Å². The SMILES string of the molecule is CCc1cc(Oc2ccccc2F)nc(SCc2ccc(C)cc2)n1. The van der Waals surface area contributed by atoms with Gasteiger partial charge in [0.05, 0.1) is 0 Å². The normalized spacial score (nSPS) is 10.7. The second-order valence-corrected chi connectivity index (χ2v) is 6.58. The highest BCUT2D eigenvalue weighted by Crippen LogP contribution is 2.26. The van der Waals surface area contributed by atoms with Crippen LogP contribution in [0, 0.1) is 12.7 Å². The Bertz CT molecular complexity index is 853. The lowest BCUT2D eigenvalue weighted by atomic mass is 10.2. The number of halogens is 1. The Morgan fingerprint density at radius 1 is 1.04 bits per heavy atom. The van der Waals surface area contributed by atoms with Crippen molar-refractivity contribution in [3.05, 3.63) is 77.2 Å². The molecule has 0 aliphatic heterocycles. The van der Waals surface area contributed by atoms with Crippen molar-refractivity contribution in [1.29, 1.82) is 0 Å². The van der Waals surface area contributed by atoms with Gasteiger partial charge in [-0.2, -0.15) is 4.98 Å². The topological polar surface area (TPSA) is 35.0 Å². The van der Waals surface area contributed by atoms with Crippen LogP contribution in [0.1, 0.15) is 23.7 Å². The lowest BCUT2D eigenvalue weighted by molar-refractivity contribution is 0.421. The maximum Gasteiger partial charge on any atom is 0.223 e. The lowest BCUT2D eigenvalue weighted by Gasteiger charge is -2.09. The molecule has 3 rings (SSSR count). The van der Waals surface area contributed by atoms with Gasteiger partial charge in [-0.05, 0) is 31.0 Å². The fourth-order valence-corrected chi connectivity index (χ4v) is 3.04. The fourth-order valence-electron chi connectivity index (χ4n) is 2.22. The van der Waals surface area contributed by atoms with Crippen LogP contribution in [0.3, 0.4) is 0 Å². The third kappa shape index (κ3) is 4.79. The summed E-state index contributed by atoms with van der Waals surface area (Å²) < 4.78 is 19.4. The van der Waals surface area contributed by atoms with Crippen molar-refractivity contribution >= 4 is 11.8 Å². The summed E-state index contributed by atoms with van der Waals surface area (Å²) in [5, 5.41) is 0.631. The molecule has 0 atom stereocenters. The molecule has 1 heterocycles. The van der Waals surface area contributed by atoms with E-state index in [4.69, 9.17) is 4.74 Å². The van der Waals surface area contributed by atoms with Gasteiger partial charge >= 0.3 is 0 Å². The van der Waals surface area contributed by atoms with Gasteiger partial charge in [0, 0.05) is 17.5 Å². The van der Waals surface area contributed by atoms with Crippen LogP contribution in [0.5, 0.6) is 11.6 Å². The minimum absolute atomic E-state index is 0.165. The van der Waals surface area contributed by atoms with Gasteiger partial charge in [0.1, 0.15) is 0 Å². The van der Waals surface area contributed by atoms with E-state index in [0.29, 0.717) is 11.0 Å². The van der Waals surface area contributed by atoms with Crippen molar-refractivity contribution in [2.75, 3.05) is 0 Å². The first-order valence-corrected chi connectivity index (χ1v) is 9.11. The van der Waals surface area contributed by atoms with Crippen molar-refractivity contribution in [2.24, 2.45) is 0 Å². The Balaban J connectivity index is 1.77. The van der Waals surface area contributed by atoms with E-state index in [2.05, 4.69) is 41.2 Å². The Labute approximate surface area is 151 Å². The van der Waals surface area contributed by atoms with Gasteiger partial charge in [-0.1, -0.05) is 60.6 Å². The Hall–Kier alpha value is -2.40. The van der Waals surface area contributed by atoms with Gasteiger partial charge in [0.25, 0.3) is 0 Å². The van der Waals surface area contributed by atoms with Crippen LogP contribution in [-0.2, 0) is 12.2 Å². The smallest absolute Gasteiger partial charge is 0.223 e. The monoisotopic (exact) mass is 354 g/mol. The third-order valence-electron chi connectivity index (χ3n) is 3.64. The first-order valence-electron chi connectivity index (χ1n) is 8.12.